The summed E-state index contributed by atoms with van der Waals surface area (Å²) in [6.45, 7) is 4.07. The number of esters is 1. The Morgan fingerprint density at radius 2 is 1.81 bits per heavy atom. The van der Waals surface area contributed by atoms with E-state index in [-0.39, 0.29) is 12.2 Å². The number of carbonyl (C=O) groups is 2. The second-order valence-electron chi connectivity index (χ2n) is 10.5. The maximum atomic E-state index is 12.5. The van der Waals surface area contributed by atoms with E-state index in [4.69, 9.17) is 18.9 Å². The summed E-state index contributed by atoms with van der Waals surface area (Å²) in [6.07, 6.45) is 0.442. The van der Waals surface area contributed by atoms with E-state index in [0.29, 0.717) is 41.7 Å². The number of benzene rings is 4. The molecule has 0 radical (unpaired) electrons. The van der Waals surface area contributed by atoms with Crippen LogP contribution < -0.4 is 30.3 Å². The molecule has 47 heavy (non-hydrogen) atoms. The van der Waals surface area contributed by atoms with Gasteiger partial charge in [-0.3, -0.25) is 5.43 Å². The number of ether oxygens (including phenoxy) is 4. The van der Waals surface area contributed by atoms with Crippen molar-refractivity contribution in [3.63, 3.8) is 0 Å². The second-order valence-corrected chi connectivity index (χ2v) is 11.4. The number of hydrogen-bond donors (Lipinski definition) is 4. The molecule has 244 valence electrons. The third-order valence-electron chi connectivity index (χ3n) is 7.33. The molecule has 1 aliphatic heterocycles. The maximum Gasteiger partial charge on any atom is 0.337 e. The Hall–Kier alpha value is -5.07. The lowest BCUT2D eigenvalue weighted by Gasteiger charge is -2.28. The molecule has 2 atom stereocenters. The molecule has 1 heterocycles. The van der Waals surface area contributed by atoms with Gasteiger partial charge in [0.15, 0.2) is 17.7 Å². The molecule has 0 aromatic heterocycles. The number of amides is 2. The minimum absolute atomic E-state index is 0.141. The zero-order valence-corrected chi connectivity index (χ0v) is 27.7. The van der Waals surface area contributed by atoms with Crippen LogP contribution in [0.5, 0.6) is 17.2 Å². The molecule has 12 heteroatoms. The topological polar surface area (TPSA) is 140 Å². The molecule has 0 aliphatic carbocycles. The van der Waals surface area contributed by atoms with Gasteiger partial charge in [-0.15, -0.1) is 0 Å². The Morgan fingerprint density at radius 3 is 2.60 bits per heavy atom. The SMILES string of the molecule is CCOc1cc([C@@H]2NC(=O)NC(C)=C2C(=O)OC)ccc1OC[C@H](O)N/N=C\c1ccc(OCc2cccc3ccccc23)c(Br)c1. The number of aliphatic hydroxyl groups excluding tert-OH is 1. The maximum absolute atomic E-state index is 12.5. The number of urea groups is 1. The van der Waals surface area contributed by atoms with E-state index in [1.165, 1.54) is 12.5 Å². The first-order valence-electron chi connectivity index (χ1n) is 14.9. The Labute approximate surface area is 280 Å². The molecule has 0 saturated heterocycles. The number of hydrazone groups is 1. The van der Waals surface area contributed by atoms with E-state index in [9.17, 15) is 14.7 Å². The van der Waals surface area contributed by atoms with Crippen molar-refractivity contribution in [3.8, 4) is 17.2 Å². The molecule has 5 rings (SSSR count). The number of rotatable bonds is 13. The van der Waals surface area contributed by atoms with Crippen molar-refractivity contribution in [3.05, 3.63) is 111 Å². The van der Waals surface area contributed by atoms with Gasteiger partial charge in [0.2, 0.25) is 0 Å². The third-order valence-corrected chi connectivity index (χ3v) is 7.95. The Balaban J connectivity index is 1.17. The number of allylic oxidation sites excluding steroid dienone is 1. The standard InChI is InChI=1S/C35H35BrN4O7/c1-4-45-30-17-24(33-32(34(42)44-3)21(2)38-35(43)39-33)13-15-29(30)47-20-31(41)40-37-18-22-12-14-28(27(36)16-22)46-19-25-10-7-9-23-8-5-6-11-26(23)25/h5-18,31,33,40-41H,4,19-20H2,1-3H3,(H2,38,39,43)/b37-18-/t31-,33-/m0/s1. The molecule has 0 unspecified atom stereocenters. The van der Waals surface area contributed by atoms with Crippen LogP contribution in [0, 0.1) is 0 Å². The van der Waals surface area contributed by atoms with Crippen molar-refractivity contribution in [2.24, 2.45) is 5.10 Å². The quantitative estimate of drug-likeness (QED) is 0.0602. The highest BCUT2D eigenvalue weighted by atomic mass is 79.9. The summed E-state index contributed by atoms with van der Waals surface area (Å²) in [5.41, 5.74) is 5.79. The molecule has 4 aromatic rings. The Bertz CT molecular complexity index is 1820. The van der Waals surface area contributed by atoms with E-state index in [1.54, 1.807) is 31.3 Å². The molecule has 1 aliphatic rings. The normalized spacial score (nSPS) is 15.2. The van der Waals surface area contributed by atoms with Crippen molar-refractivity contribution in [2.45, 2.75) is 32.7 Å². The van der Waals surface area contributed by atoms with E-state index in [0.717, 1.165) is 21.0 Å². The van der Waals surface area contributed by atoms with Crippen molar-refractivity contribution < 1.29 is 33.6 Å². The fraction of sp³-hybridized carbons (Fsp3) is 0.229. The van der Waals surface area contributed by atoms with Gasteiger partial charge >= 0.3 is 12.0 Å². The molecule has 4 N–H and O–H groups in total. The van der Waals surface area contributed by atoms with Crippen LogP contribution in [0.3, 0.4) is 0 Å². The predicted octanol–water partition coefficient (Wildman–Crippen LogP) is 5.70. The highest BCUT2D eigenvalue weighted by molar-refractivity contribution is 9.10. The molecule has 11 nitrogen and oxygen atoms in total. The number of methoxy groups -OCH3 is 1. The first-order chi connectivity index (χ1) is 22.8. The number of aliphatic hydroxyl groups is 1. The third kappa shape index (κ3) is 8.21. The zero-order chi connectivity index (χ0) is 33.3. The lowest BCUT2D eigenvalue weighted by Crippen LogP contribution is -2.45. The molecule has 2 amide bonds. The van der Waals surface area contributed by atoms with Crippen molar-refractivity contribution in [2.75, 3.05) is 20.3 Å². The van der Waals surface area contributed by atoms with Crippen LogP contribution >= 0.6 is 15.9 Å². The number of fused-ring (bicyclic) bond motifs is 1. The second kappa shape index (κ2) is 15.5. The molecule has 0 fully saturated rings. The van der Waals surface area contributed by atoms with E-state index in [1.807, 2.05) is 43.3 Å². The minimum atomic E-state index is -1.13. The van der Waals surface area contributed by atoms with Gasteiger partial charge in [-0.25, -0.2) is 9.59 Å². The molecular formula is C35H35BrN4O7. The summed E-state index contributed by atoms with van der Waals surface area (Å²) >= 11 is 3.57. The number of nitrogens with zero attached hydrogens (tertiary/aromatic N) is 1. The van der Waals surface area contributed by atoms with Gasteiger partial charge in [-0.05, 0) is 87.6 Å². The number of halogens is 1. The number of hydrogen-bond acceptors (Lipinski definition) is 9. The summed E-state index contributed by atoms with van der Waals surface area (Å²) < 4.78 is 23.4. The van der Waals surface area contributed by atoms with Crippen LogP contribution in [0.2, 0.25) is 0 Å². The number of nitrogens with one attached hydrogen (secondary N) is 3. The van der Waals surface area contributed by atoms with E-state index in [2.05, 4.69) is 61.4 Å². The highest BCUT2D eigenvalue weighted by Crippen LogP contribution is 2.35. The first kappa shape index (κ1) is 33.3. The molecule has 4 aromatic carbocycles. The summed E-state index contributed by atoms with van der Waals surface area (Å²) in [4.78, 5) is 24.6. The summed E-state index contributed by atoms with van der Waals surface area (Å²) in [7, 11) is 1.28. The highest BCUT2D eigenvalue weighted by Gasteiger charge is 2.32. The van der Waals surface area contributed by atoms with Crippen LogP contribution in [-0.2, 0) is 16.1 Å². The van der Waals surface area contributed by atoms with Crippen LogP contribution in [0.1, 0.15) is 36.6 Å². The Kier molecular flexibility index (Phi) is 11.0. The van der Waals surface area contributed by atoms with Gasteiger partial charge in [0.05, 0.1) is 36.0 Å². The van der Waals surface area contributed by atoms with Gasteiger partial charge < -0.3 is 34.7 Å². The minimum Gasteiger partial charge on any atom is -0.490 e. The van der Waals surface area contributed by atoms with Crippen LogP contribution in [0.25, 0.3) is 10.8 Å². The van der Waals surface area contributed by atoms with Crippen LogP contribution in [0.4, 0.5) is 4.79 Å². The average Bonchev–Trinajstić information content (AvgIpc) is 3.06. The van der Waals surface area contributed by atoms with E-state index >= 15 is 0 Å². The van der Waals surface area contributed by atoms with Gasteiger partial charge in [-0.1, -0.05) is 48.5 Å². The predicted molar refractivity (Wildman–Crippen MR) is 181 cm³/mol. The smallest absolute Gasteiger partial charge is 0.337 e. The van der Waals surface area contributed by atoms with Crippen molar-refractivity contribution in [1.82, 2.24) is 16.1 Å². The lowest BCUT2D eigenvalue weighted by molar-refractivity contribution is -0.136. The molecular weight excluding hydrogens is 668 g/mol. The summed E-state index contributed by atoms with van der Waals surface area (Å²) in [5.74, 6) is 0.872. The monoisotopic (exact) mass is 702 g/mol. The molecule has 0 bridgehead atoms. The molecule has 0 saturated carbocycles. The van der Waals surface area contributed by atoms with Gasteiger partial charge in [-0.2, -0.15) is 5.10 Å². The van der Waals surface area contributed by atoms with Crippen molar-refractivity contribution in [1.29, 1.82) is 0 Å². The number of carbonyl (C=O) groups excluding carboxylic acids is 2. The Morgan fingerprint density at radius 1 is 1.02 bits per heavy atom. The summed E-state index contributed by atoms with van der Waals surface area (Å²) in [5, 5.41) is 22.3. The van der Waals surface area contributed by atoms with E-state index < -0.39 is 24.3 Å². The van der Waals surface area contributed by atoms with Crippen molar-refractivity contribution >= 4 is 44.9 Å². The van der Waals surface area contributed by atoms with Gasteiger partial charge in [0, 0.05) is 5.70 Å². The largest absolute Gasteiger partial charge is 0.490 e. The summed E-state index contributed by atoms with van der Waals surface area (Å²) in [6, 6.07) is 23.8. The molecule has 0 spiro atoms. The first-order valence-corrected chi connectivity index (χ1v) is 15.7. The lowest BCUT2D eigenvalue weighted by atomic mass is 9.95. The van der Waals surface area contributed by atoms with Gasteiger partial charge in [0.1, 0.15) is 19.0 Å². The fourth-order valence-electron chi connectivity index (χ4n) is 5.11. The van der Waals surface area contributed by atoms with Gasteiger partial charge in [0.25, 0.3) is 0 Å². The average molecular weight is 704 g/mol. The fourth-order valence-corrected chi connectivity index (χ4v) is 5.62. The van der Waals surface area contributed by atoms with Crippen LogP contribution in [0.15, 0.2) is 99.7 Å². The zero-order valence-electron chi connectivity index (χ0n) is 26.1. The van der Waals surface area contributed by atoms with Crippen LogP contribution in [-0.4, -0.2) is 49.9 Å².